The fraction of sp³-hybridized carbons (Fsp3) is 0.386. The summed E-state index contributed by atoms with van der Waals surface area (Å²) in [4.78, 5) is 81.1. The minimum absolute atomic E-state index is 0.00290. The molecular formula is C83H101I3N15O13P. The molecule has 0 aliphatic rings. The number of para-hydroxylation sites is 1. The second-order valence-electron chi connectivity index (χ2n) is 27.9. The largest absolute Gasteiger partial charge is 0.524 e. The molecule has 0 atom stereocenters. The highest BCUT2D eigenvalue weighted by atomic mass is 127. The molecule has 0 fully saturated rings. The number of hydrogen-bond acceptors (Lipinski definition) is 20. The lowest BCUT2D eigenvalue weighted by molar-refractivity contribution is -0.119. The summed E-state index contributed by atoms with van der Waals surface area (Å²) in [5, 5.41) is 41.7. The van der Waals surface area contributed by atoms with E-state index in [4.69, 9.17) is 55.9 Å². The number of aromatic hydroxyl groups is 3. The number of nitrogen functional groups attached to an aromatic ring is 3. The summed E-state index contributed by atoms with van der Waals surface area (Å²) in [6.07, 6.45) is 10.6. The zero-order valence-corrected chi connectivity index (χ0v) is 72.7. The van der Waals surface area contributed by atoms with Crippen LogP contribution in [0.5, 0.6) is 23.0 Å². The number of carbonyl (C=O) groups excluding carboxylic acids is 3. The Hall–Kier alpha value is -8.81. The Labute approximate surface area is 708 Å². The molecule has 6 heterocycles. The van der Waals surface area contributed by atoms with Gasteiger partial charge in [0.1, 0.15) is 45.5 Å². The van der Waals surface area contributed by atoms with E-state index < -0.39 is 7.82 Å². The average molecular weight is 1930 g/mol. The molecule has 28 nitrogen and oxygen atoms in total. The second kappa shape index (κ2) is 42.9. The van der Waals surface area contributed by atoms with Crippen molar-refractivity contribution in [1.29, 1.82) is 0 Å². The Morgan fingerprint density at radius 2 is 0.809 bits per heavy atom. The minimum Gasteiger partial charge on any atom is -0.508 e. The molecule has 0 saturated carbocycles. The van der Waals surface area contributed by atoms with Gasteiger partial charge in [-0.15, -0.1) is 0 Å². The van der Waals surface area contributed by atoms with Gasteiger partial charge in [0.2, 0.25) is 17.7 Å². The summed E-state index contributed by atoms with van der Waals surface area (Å²) in [5.74, 6) is 4.11. The number of ether oxygens (including phenoxy) is 3. The first-order valence-corrected chi connectivity index (χ1v) is 44.6. The van der Waals surface area contributed by atoms with Gasteiger partial charge in [0.05, 0.1) is 92.6 Å². The van der Waals surface area contributed by atoms with E-state index in [0.29, 0.717) is 150 Å². The van der Waals surface area contributed by atoms with Crippen molar-refractivity contribution in [2.24, 2.45) is 0 Å². The van der Waals surface area contributed by atoms with Gasteiger partial charge in [0.25, 0.3) is 0 Å². The Morgan fingerprint density at radius 1 is 0.443 bits per heavy atom. The van der Waals surface area contributed by atoms with Gasteiger partial charge in [-0.1, -0.05) is 181 Å². The number of nitrogens with one attached hydrogen (secondary N) is 3. The van der Waals surface area contributed by atoms with E-state index in [1.807, 2.05) is 117 Å². The number of halogens is 3. The van der Waals surface area contributed by atoms with E-state index >= 15 is 0 Å². The number of anilines is 3. The van der Waals surface area contributed by atoms with Crippen LogP contribution < -0.4 is 37.7 Å². The van der Waals surface area contributed by atoms with Gasteiger partial charge >= 0.3 is 7.82 Å². The topological polar surface area (TPSA) is 413 Å². The normalized spacial score (nSPS) is 11.6. The van der Waals surface area contributed by atoms with Crippen molar-refractivity contribution in [1.82, 2.24) is 59.6 Å². The number of nitrogens with zero attached hydrogens (tertiary/aromatic N) is 9. The maximum atomic E-state index is 11.3. The van der Waals surface area contributed by atoms with Crippen molar-refractivity contribution < 1.29 is 62.8 Å². The fourth-order valence-corrected chi connectivity index (χ4v) is 14.7. The van der Waals surface area contributed by atoms with Crippen LogP contribution in [0.2, 0.25) is 0 Å². The lowest BCUT2D eigenvalue weighted by Crippen LogP contribution is -2.28. The van der Waals surface area contributed by atoms with E-state index in [1.54, 1.807) is 37.3 Å². The van der Waals surface area contributed by atoms with Crippen LogP contribution in [-0.2, 0) is 91.3 Å². The molecule has 12 aromatic rings. The first-order valence-electron chi connectivity index (χ1n) is 38.5. The maximum absolute atomic E-state index is 11.3. The Kier molecular flexibility index (Phi) is 33.0. The summed E-state index contributed by atoms with van der Waals surface area (Å²) in [5.41, 5.74) is 33.8. The highest BCUT2D eigenvalue weighted by Crippen LogP contribution is 2.41. The van der Waals surface area contributed by atoms with Crippen molar-refractivity contribution in [2.75, 3.05) is 89.8 Å². The molecule has 3 amide bonds. The molecule has 14 N–H and O–H groups in total. The molecule has 115 heavy (non-hydrogen) atoms. The summed E-state index contributed by atoms with van der Waals surface area (Å²) in [7, 11) is -4.65. The number of rotatable bonds is 38. The maximum Gasteiger partial charge on any atom is 0.524 e. The third kappa shape index (κ3) is 24.0. The van der Waals surface area contributed by atoms with Gasteiger partial charge in [0.15, 0.2) is 29.0 Å². The molecule has 0 aliphatic carbocycles. The van der Waals surface area contributed by atoms with Crippen LogP contribution in [0.4, 0.5) is 17.5 Å². The number of phenols is 3. The lowest BCUT2D eigenvalue weighted by atomic mass is 10.1. The highest BCUT2D eigenvalue weighted by Gasteiger charge is 2.24. The number of aromatic nitrogens is 9. The van der Waals surface area contributed by atoms with Gasteiger partial charge in [-0.3, -0.25) is 24.2 Å². The molecule has 612 valence electrons. The van der Waals surface area contributed by atoms with Gasteiger partial charge in [-0.05, 0) is 128 Å². The number of unbranched alkanes of at least 4 members (excludes halogenated alkanes) is 3. The summed E-state index contributed by atoms with van der Waals surface area (Å²) in [6.45, 7) is 16.1. The molecular weight excluding hydrogens is 1830 g/mol. The number of benzene rings is 6. The number of phosphoric ester groups is 1. The predicted octanol–water partition coefficient (Wildman–Crippen LogP) is 13.2. The Bertz CT molecular complexity index is 5440. The number of phosphoric acid groups is 1. The molecule has 0 spiro atoms. The molecule has 0 radical (unpaired) electrons. The number of phenolic OH excluding ortho intramolecular Hbond substituents is 3. The number of nitrogens with two attached hydrogens (primary N) is 3. The van der Waals surface area contributed by atoms with Crippen LogP contribution in [0.25, 0.3) is 65.8 Å². The molecule has 0 unspecified atom stereocenters. The number of amides is 3. The van der Waals surface area contributed by atoms with Crippen LogP contribution in [-0.4, -0.2) is 159 Å². The highest BCUT2D eigenvalue weighted by molar-refractivity contribution is 14.1. The van der Waals surface area contributed by atoms with Crippen LogP contribution in [0.1, 0.15) is 121 Å². The number of aryl methyl sites for hydroxylation is 5. The summed E-state index contributed by atoms with van der Waals surface area (Å²) < 4.78 is 41.0. The second-order valence-corrected chi connectivity index (χ2v) is 31.4. The summed E-state index contributed by atoms with van der Waals surface area (Å²) in [6, 6.07) is 34.4. The molecule has 12 rings (SSSR count). The SMILES string of the molecule is CCCCc1nc2c(N)nc3cc(CCOCCNC(=O)CI)ccc3c2n1Cc1ccc(O)c(C)c1.CCCCc1nc2c(N)nc3cc(CCOCCNC(=O)CI)ccc3c2n1Cc1ccc(OP(=O)(O)O)c(C)c1.CCCCc1nc2c(N)nc3cc(CCOCCNC(=O)CI)ccc3c2n1Cc1cccc(O)c1O. The molecule has 0 aliphatic heterocycles. The van der Waals surface area contributed by atoms with Crippen molar-refractivity contribution in [3.8, 4) is 23.0 Å². The minimum atomic E-state index is -4.65. The quantitative estimate of drug-likeness (QED) is 0.00563. The number of fused-ring (bicyclic) bond motifs is 9. The Balaban J connectivity index is 0.000000183. The zero-order valence-electron chi connectivity index (χ0n) is 65.3. The first-order chi connectivity index (χ1) is 55.4. The third-order valence-electron chi connectivity index (χ3n) is 19.3. The smallest absolute Gasteiger partial charge is 0.508 e. The van der Waals surface area contributed by atoms with E-state index in [1.165, 1.54) is 6.07 Å². The third-order valence-corrected chi connectivity index (χ3v) is 21.8. The number of imidazole rings is 3. The molecule has 32 heteroatoms. The number of pyridine rings is 3. The lowest BCUT2D eigenvalue weighted by Gasteiger charge is -2.14. The molecule has 6 aromatic carbocycles. The predicted molar refractivity (Wildman–Crippen MR) is 477 cm³/mol. The zero-order chi connectivity index (χ0) is 82.3. The monoisotopic (exact) mass is 1930 g/mol. The standard InChI is InChI=1S/C28H35IN5O6P.C28H34IN5O3.C27H32IN5O4/c1-3-4-5-24-33-26-27(34(24)17-20-7-9-23(18(2)14-20)40-41(36,37)38)21-8-6-19(15-22(21)32-28(26)30)10-12-39-13-11-31-25(35)16-29;1-3-4-5-24-33-26-27(34(24)17-20-7-9-23(35)18(2)14-20)21-8-6-19(15-22(21)32-28(26)30)10-12-37-13-11-31-25(36)16-29;1-2-3-7-22-32-24-25(33(22)16-18-5-4-6-21(34)26(18)36)19-9-8-17(14-20(19)31-27(24)29)10-12-37-13-11-30-23(35)15-28/h6-9,14-15H,3-5,10-13,16-17H2,1-2H3,(H2,30,32)(H,31,35)(H2,36,37,38);6-9,14-15,35H,3-5,10-13,16-17H2,1-2H3,(H2,30,32)(H,31,36);4-6,8-9,14,34,36H,2-3,7,10-13,15-16H2,1H3,(H2,29,31)(H,30,35). The van der Waals surface area contributed by atoms with Crippen LogP contribution in [0.15, 0.2) is 109 Å². The molecule has 6 aromatic heterocycles. The number of hydrogen-bond donors (Lipinski definition) is 11. The fourth-order valence-electron chi connectivity index (χ4n) is 13.5. The summed E-state index contributed by atoms with van der Waals surface area (Å²) >= 11 is 6.09. The van der Waals surface area contributed by atoms with Gasteiger partial charge in [-0.2, -0.15) is 0 Å². The van der Waals surface area contributed by atoms with Crippen molar-refractivity contribution in [3.63, 3.8) is 0 Å². The molecule has 0 bridgehead atoms. The molecule has 0 saturated heterocycles. The van der Waals surface area contributed by atoms with Crippen LogP contribution >= 0.6 is 75.6 Å². The first kappa shape index (κ1) is 88.6. The average Bonchev–Trinajstić information content (AvgIpc) is 1.63. The van der Waals surface area contributed by atoms with E-state index in [-0.39, 0.29) is 35.0 Å². The van der Waals surface area contributed by atoms with Gasteiger partial charge in [0, 0.05) is 73.7 Å². The number of carbonyl (C=O) groups is 3. The van der Waals surface area contributed by atoms with Gasteiger partial charge in [-0.25, -0.2) is 34.5 Å². The number of alkyl halides is 3. The van der Waals surface area contributed by atoms with E-state index in [0.717, 1.165) is 170 Å². The van der Waals surface area contributed by atoms with Crippen molar-refractivity contribution >= 4 is 177 Å². The van der Waals surface area contributed by atoms with Crippen LogP contribution in [0, 0.1) is 13.8 Å². The van der Waals surface area contributed by atoms with Crippen molar-refractivity contribution in [3.05, 3.63) is 171 Å². The van der Waals surface area contributed by atoms with E-state index in [2.05, 4.69) is 90.7 Å². The van der Waals surface area contributed by atoms with Gasteiger partial charge < -0.3 is 80.9 Å². The van der Waals surface area contributed by atoms with Crippen LogP contribution in [0.3, 0.4) is 0 Å². The van der Waals surface area contributed by atoms with Crippen molar-refractivity contribution in [2.45, 2.75) is 131 Å². The van der Waals surface area contributed by atoms with E-state index in [9.17, 15) is 44.1 Å². The Morgan fingerprint density at radius 3 is 1.17 bits per heavy atom.